The van der Waals surface area contributed by atoms with Gasteiger partial charge in [-0.1, -0.05) is 6.08 Å². The predicted molar refractivity (Wildman–Crippen MR) is 94.0 cm³/mol. The summed E-state index contributed by atoms with van der Waals surface area (Å²) in [6, 6.07) is 8.49. The Kier molecular flexibility index (Phi) is 3.99. The summed E-state index contributed by atoms with van der Waals surface area (Å²) in [5.41, 5.74) is 4.67. The van der Waals surface area contributed by atoms with Crippen LogP contribution in [0.25, 0.3) is 27.7 Å². The van der Waals surface area contributed by atoms with Gasteiger partial charge < -0.3 is 14.9 Å². The van der Waals surface area contributed by atoms with Crippen LogP contribution in [0.15, 0.2) is 42.6 Å². The summed E-state index contributed by atoms with van der Waals surface area (Å²) in [6.45, 7) is 1.12. The molecule has 0 fully saturated rings. The zero-order valence-electron chi connectivity index (χ0n) is 13.8. The van der Waals surface area contributed by atoms with Crippen LogP contribution < -0.4 is 4.74 Å². The van der Waals surface area contributed by atoms with Crippen LogP contribution in [0.1, 0.15) is 12.1 Å². The number of hydrogen-bond donors (Lipinski definition) is 2. The highest BCUT2D eigenvalue weighted by Crippen LogP contribution is 2.36. The molecule has 2 N–H and O–H groups in total. The first-order valence-corrected chi connectivity index (χ1v) is 8.10. The molecule has 0 amide bonds. The molecule has 0 spiro atoms. The molecule has 1 aliphatic rings. The van der Waals surface area contributed by atoms with Gasteiger partial charge in [0.05, 0.1) is 7.11 Å². The van der Waals surface area contributed by atoms with Crippen molar-refractivity contribution in [2.45, 2.75) is 6.42 Å². The molecule has 25 heavy (non-hydrogen) atoms. The number of halogens is 1. The van der Waals surface area contributed by atoms with E-state index in [0.29, 0.717) is 18.8 Å². The number of fused-ring (bicyclic) bond motifs is 1. The van der Waals surface area contributed by atoms with Gasteiger partial charge in [-0.25, -0.2) is 9.37 Å². The number of hydrogen-bond acceptors (Lipinski definition) is 4. The van der Waals surface area contributed by atoms with Crippen molar-refractivity contribution < 1.29 is 14.3 Å². The van der Waals surface area contributed by atoms with Crippen LogP contribution in [0.3, 0.4) is 0 Å². The Hall–Kier alpha value is -2.70. The van der Waals surface area contributed by atoms with Crippen molar-refractivity contribution in [3.8, 4) is 16.9 Å². The highest BCUT2D eigenvalue weighted by molar-refractivity contribution is 5.96. The number of methoxy groups -OCH3 is 1. The molecule has 2 aromatic heterocycles. The molecule has 3 heterocycles. The van der Waals surface area contributed by atoms with Gasteiger partial charge in [0.2, 0.25) is 0 Å². The normalized spacial score (nSPS) is 15.4. The number of H-pyrrole nitrogens is 1. The van der Waals surface area contributed by atoms with E-state index in [2.05, 4.69) is 16.0 Å². The highest BCUT2D eigenvalue weighted by Gasteiger charge is 2.16. The fourth-order valence-electron chi connectivity index (χ4n) is 3.23. The van der Waals surface area contributed by atoms with Gasteiger partial charge in [-0.05, 0) is 41.8 Å². The van der Waals surface area contributed by atoms with Gasteiger partial charge in [0.15, 0.2) is 0 Å². The van der Waals surface area contributed by atoms with Crippen LogP contribution in [-0.4, -0.2) is 40.4 Å². The monoisotopic (exact) mass is 339 g/mol. The lowest BCUT2D eigenvalue weighted by molar-refractivity contribution is -0.0807. The van der Waals surface area contributed by atoms with Crippen molar-refractivity contribution in [3.05, 3.63) is 54.1 Å². The third kappa shape index (κ3) is 2.90. The van der Waals surface area contributed by atoms with Crippen LogP contribution >= 0.6 is 0 Å². The molecule has 3 aromatic rings. The van der Waals surface area contributed by atoms with E-state index in [0.717, 1.165) is 39.8 Å². The van der Waals surface area contributed by atoms with Crippen LogP contribution in [0.2, 0.25) is 0 Å². The quantitative estimate of drug-likeness (QED) is 0.761. The van der Waals surface area contributed by atoms with Crippen LogP contribution in [-0.2, 0) is 0 Å². The Morgan fingerprint density at radius 2 is 2.12 bits per heavy atom. The van der Waals surface area contributed by atoms with Gasteiger partial charge in [0.1, 0.15) is 17.2 Å². The number of aromatic nitrogens is 2. The van der Waals surface area contributed by atoms with Crippen molar-refractivity contribution in [3.63, 3.8) is 0 Å². The minimum absolute atomic E-state index is 0.332. The summed E-state index contributed by atoms with van der Waals surface area (Å²) >= 11 is 0. The van der Waals surface area contributed by atoms with Crippen molar-refractivity contribution >= 4 is 16.6 Å². The molecule has 1 aromatic carbocycles. The van der Waals surface area contributed by atoms with E-state index in [1.807, 2.05) is 12.1 Å². The van der Waals surface area contributed by atoms with Gasteiger partial charge in [-0.2, -0.15) is 5.06 Å². The second-order valence-corrected chi connectivity index (χ2v) is 6.04. The summed E-state index contributed by atoms with van der Waals surface area (Å²) in [7, 11) is 1.53. The third-order valence-electron chi connectivity index (χ3n) is 4.52. The number of aromatic amines is 1. The first kappa shape index (κ1) is 15.8. The van der Waals surface area contributed by atoms with E-state index in [9.17, 15) is 9.60 Å². The number of pyridine rings is 1. The summed E-state index contributed by atoms with van der Waals surface area (Å²) < 4.78 is 18.9. The molecule has 0 bridgehead atoms. The van der Waals surface area contributed by atoms with Crippen LogP contribution in [0.5, 0.6) is 5.75 Å². The molecule has 0 radical (unpaired) electrons. The molecule has 4 rings (SSSR count). The standard InChI is InChI=1S/C19H18FN3O2/c1-25-18-10-13(20)2-3-15(18)14-4-7-21-19-16(14)11-17(22-19)12-5-8-23(24)9-6-12/h2-5,7,10-11,24H,6,8-9H2,1H3,(H,21,22). The number of hydroxylamine groups is 2. The summed E-state index contributed by atoms with van der Waals surface area (Å²) in [5, 5.41) is 11.8. The Bertz CT molecular complexity index is 964. The van der Waals surface area contributed by atoms with Crippen molar-refractivity contribution in [1.29, 1.82) is 0 Å². The number of nitrogens with zero attached hydrogens (tertiary/aromatic N) is 2. The molecule has 5 nitrogen and oxygen atoms in total. The molecule has 0 atom stereocenters. The fourth-order valence-corrected chi connectivity index (χ4v) is 3.23. The molecular formula is C19H18FN3O2. The maximum atomic E-state index is 13.5. The van der Waals surface area contributed by atoms with Crippen molar-refractivity contribution in [1.82, 2.24) is 15.0 Å². The Morgan fingerprint density at radius 1 is 1.24 bits per heavy atom. The SMILES string of the molecule is COc1cc(F)ccc1-c1ccnc2[nH]c(C3=CCN(O)CC3)cc12. The lowest BCUT2D eigenvalue weighted by atomic mass is 10.0. The molecular weight excluding hydrogens is 321 g/mol. The molecule has 0 saturated carbocycles. The largest absolute Gasteiger partial charge is 0.496 e. The van der Waals surface area contributed by atoms with Crippen molar-refractivity contribution in [2.75, 3.05) is 20.2 Å². The van der Waals surface area contributed by atoms with E-state index in [4.69, 9.17) is 4.74 Å². The lowest BCUT2D eigenvalue weighted by Gasteiger charge is -2.19. The zero-order valence-corrected chi connectivity index (χ0v) is 13.8. The minimum atomic E-state index is -0.332. The Balaban J connectivity index is 1.84. The number of nitrogens with one attached hydrogen (secondary N) is 1. The van der Waals surface area contributed by atoms with Gasteiger partial charge in [-0.15, -0.1) is 0 Å². The number of rotatable bonds is 3. The average molecular weight is 339 g/mol. The topological polar surface area (TPSA) is 61.4 Å². The predicted octanol–water partition coefficient (Wildman–Crippen LogP) is 3.86. The molecule has 0 unspecified atom stereocenters. The first-order chi connectivity index (χ1) is 12.2. The second-order valence-electron chi connectivity index (χ2n) is 6.04. The molecule has 1 aliphatic heterocycles. The summed E-state index contributed by atoms with van der Waals surface area (Å²) in [6.07, 6.45) is 4.50. The van der Waals surface area contributed by atoms with Crippen molar-refractivity contribution in [2.24, 2.45) is 0 Å². The molecule has 128 valence electrons. The molecule has 0 saturated heterocycles. The lowest BCUT2D eigenvalue weighted by Crippen LogP contribution is -2.24. The first-order valence-electron chi connectivity index (χ1n) is 8.10. The second kappa shape index (κ2) is 6.31. The van der Waals surface area contributed by atoms with Gasteiger partial charge in [0, 0.05) is 42.0 Å². The van der Waals surface area contributed by atoms with Gasteiger partial charge >= 0.3 is 0 Å². The number of benzene rings is 1. The van der Waals surface area contributed by atoms with E-state index in [1.54, 1.807) is 12.3 Å². The van der Waals surface area contributed by atoms with Crippen LogP contribution in [0.4, 0.5) is 4.39 Å². The maximum Gasteiger partial charge on any atom is 0.138 e. The van der Waals surface area contributed by atoms with Gasteiger partial charge in [0.25, 0.3) is 0 Å². The van der Waals surface area contributed by atoms with E-state index >= 15 is 0 Å². The van der Waals surface area contributed by atoms with Gasteiger partial charge in [-0.3, -0.25) is 0 Å². The third-order valence-corrected chi connectivity index (χ3v) is 4.52. The Morgan fingerprint density at radius 3 is 2.88 bits per heavy atom. The number of ether oxygens (including phenoxy) is 1. The van der Waals surface area contributed by atoms with E-state index in [-0.39, 0.29) is 5.82 Å². The summed E-state index contributed by atoms with van der Waals surface area (Å²) in [5.74, 6) is 0.157. The average Bonchev–Trinajstić information content (AvgIpc) is 3.06. The molecule has 6 heteroatoms. The maximum absolute atomic E-state index is 13.5. The minimum Gasteiger partial charge on any atom is -0.496 e. The zero-order chi connectivity index (χ0) is 17.4. The Labute approximate surface area is 144 Å². The fraction of sp³-hybridized carbons (Fsp3) is 0.211. The van der Waals surface area contributed by atoms with Crippen LogP contribution in [0, 0.1) is 5.82 Å². The smallest absolute Gasteiger partial charge is 0.138 e. The molecule has 0 aliphatic carbocycles. The summed E-state index contributed by atoms with van der Waals surface area (Å²) in [4.78, 5) is 7.76. The highest BCUT2D eigenvalue weighted by atomic mass is 19.1. The van der Waals surface area contributed by atoms with E-state index < -0.39 is 0 Å². The van der Waals surface area contributed by atoms with E-state index in [1.165, 1.54) is 24.3 Å².